The monoisotopic (exact) mass is 456 g/mol. The quantitative estimate of drug-likeness (QED) is 0.438. The van der Waals surface area contributed by atoms with Crippen molar-refractivity contribution in [3.05, 3.63) is 70.3 Å². The first-order valence-electron chi connectivity index (χ1n) is 10.2. The maximum Gasteiger partial charge on any atom is 0.166 e. The summed E-state index contributed by atoms with van der Waals surface area (Å²) in [5.41, 5.74) is 9.54. The van der Waals surface area contributed by atoms with Gasteiger partial charge in [-0.05, 0) is 43.7 Å². The number of anilines is 1. The van der Waals surface area contributed by atoms with Crippen LogP contribution in [0.4, 0.5) is 10.2 Å². The molecule has 32 heavy (non-hydrogen) atoms. The Morgan fingerprint density at radius 1 is 1.41 bits per heavy atom. The molecular weight excluding hydrogens is 431 g/mol. The number of hydrogen-bond donors (Lipinski definition) is 5. The number of allylic oxidation sites excluding steroid dienone is 2. The molecule has 2 heterocycles. The normalized spacial score (nSPS) is 20.0. The number of nitrogens with zero attached hydrogens (tertiary/aromatic N) is 1. The highest BCUT2D eigenvalue weighted by atomic mass is 35.5. The van der Waals surface area contributed by atoms with Crippen LogP contribution in [0.15, 0.2) is 47.8 Å². The SMILES string of the molecule is CCN/C1=C(\C(=N)Cl)C/C(=C/NC)C(=N)c2ccc(F)cc2C(C)Oc2cc1cnc2N. The van der Waals surface area contributed by atoms with Crippen LogP contribution in [-0.4, -0.2) is 29.5 Å². The molecule has 1 unspecified atom stereocenters. The van der Waals surface area contributed by atoms with Gasteiger partial charge in [-0.3, -0.25) is 10.8 Å². The van der Waals surface area contributed by atoms with Crippen LogP contribution in [0.5, 0.6) is 5.75 Å². The molecule has 3 rings (SSSR count). The minimum atomic E-state index is -0.604. The first-order chi connectivity index (χ1) is 15.3. The van der Waals surface area contributed by atoms with Crippen LogP contribution in [0.25, 0.3) is 5.70 Å². The van der Waals surface area contributed by atoms with Gasteiger partial charge in [-0.25, -0.2) is 9.37 Å². The molecule has 2 aromatic rings. The van der Waals surface area contributed by atoms with Gasteiger partial charge in [0.05, 0.1) is 5.71 Å². The minimum absolute atomic E-state index is 0.167. The number of hydrogen-bond acceptors (Lipinski definition) is 7. The van der Waals surface area contributed by atoms with E-state index in [1.165, 1.54) is 12.1 Å². The van der Waals surface area contributed by atoms with Gasteiger partial charge >= 0.3 is 0 Å². The number of aromatic nitrogens is 1. The van der Waals surface area contributed by atoms with Gasteiger partial charge in [-0.15, -0.1) is 0 Å². The van der Waals surface area contributed by atoms with Gasteiger partial charge in [0.25, 0.3) is 0 Å². The number of benzene rings is 1. The molecule has 0 amide bonds. The van der Waals surface area contributed by atoms with Crippen molar-refractivity contribution in [2.75, 3.05) is 19.3 Å². The van der Waals surface area contributed by atoms with Crippen molar-refractivity contribution in [2.45, 2.75) is 26.4 Å². The Bertz CT molecular complexity index is 1130. The summed E-state index contributed by atoms with van der Waals surface area (Å²) < 4.78 is 20.2. The second-order valence-electron chi connectivity index (χ2n) is 7.31. The van der Waals surface area contributed by atoms with Gasteiger partial charge in [-0.1, -0.05) is 11.6 Å². The molecule has 9 heteroatoms. The zero-order chi connectivity index (χ0) is 23.4. The maximum atomic E-state index is 14.1. The highest BCUT2D eigenvalue weighted by Crippen LogP contribution is 2.34. The first kappa shape index (κ1) is 23.3. The van der Waals surface area contributed by atoms with Crippen molar-refractivity contribution in [3.8, 4) is 5.75 Å². The molecule has 1 aromatic heterocycles. The van der Waals surface area contributed by atoms with Crippen molar-refractivity contribution in [1.29, 1.82) is 10.8 Å². The van der Waals surface area contributed by atoms with E-state index in [9.17, 15) is 4.39 Å². The van der Waals surface area contributed by atoms with Crippen molar-refractivity contribution >= 4 is 34.0 Å². The van der Waals surface area contributed by atoms with Crippen LogP contribution in [-0.2, 0) is 0 Å². The number of pyridine rings is 1. The molecule has 0 fully saturated rings. The van der Waals surface area contributed by atoms with Gasteiger partial charge in [-0.2, -0.15) is 0 Å². The van der Waals surface area contributed by atoms with Crippen molar-refractivity contribution < 1.29 is 9.13 Å². The summed E-state index contributed by atoms with van der Waals surface area (Å²) in [6.45, 7) is 4.27. The first-order valence-corrected chi connectivity index (χ1v) is 10.5. The smallest absolute Gasteiger partial charge is 0.166 e. The Kier molecular flexibility index (Phi) is 7.15. The standard InChI is InChI=1S/C23H26ClFN6O/c1-4-30-21-14-8-19(23(28)31-11-14)32-12(2)17-9-15(25)5-6-16(17)20(26)13(10-29-3)7-18(21)22(24)27/h5-6,8-12,26-27,29-30H,4,7H2,1-3H3,(H2,28,31)/b13-10-,21-18-,26-20?,27-22?. The fourth-order valence-corrected chi connectivity index (χ4v) is 3.78. The highest BCUT2D eigenvalue weighted by molar-refractivity contribution is 6.69. The number of nitrogen functional groups attached to an aromatic ring is 1. The van der Waals surface area contributed by atoms with Crippen LogP contribution in [0.2, 0.25) is 0 Å². The van der Waals surface area contributed by atoms with E-state index in [1.54, 1.807) is 38.5 Å². The molecule has 1 atom stereocenters. The maximum absolute atomic E-state index is 14.1. The Hall–Kier alpha value is -3.39. The molecule has 1 aliphatic rings. The molecule has 0 aliphatic carbocycles. The average molecular weight is 457 g/mol. The van der Waals surface area contributed by atoms with E-state index in [-0.39, 0.29) is 23.1 Å². The number of nitrogens with one attached hydrogen (secondary N) is 4. The van der Waals surface area contributed by atoms with Gasteiger partial charge in [0.1, 0.15) is 17.1 Å². The number of rotatable bonds is 4. The third kappa shape index (κ3) is 4.75. The highest BCUT2D eigenvalue weighted by Gasteiger charge is 2.24. The number of nitrogens with two attached hydrogens (primary N) is 1. The number of fused-ring (bicyclic) bond motifs is 3. The predicted octanol–water partition coefficient (Wildman–Crippen LogP) is 4.35. The Morgan fingerprint density at radius 2 is 2.16 bits per heavy atom. The van der Waals surface area contributed by atoms with E-state index in [0.717, 1.165) is 0 Å². The predicted molar refractivity (Wildman–Crippen MR) is 127 cm³/mol. The Labute approximate surface area is 191 Å². The van der Waals surface area contributed by atoms with Crippen molar-refractivity contribution in [1.82, 2.24) is 15.6 Å². The van der Waals surface area contributed by atoms with E-state index in [2.05, 4.69) is 15.6 Å². The third-order valence-electron chi connectivity index (χ3n) is 5.12. The van der Waals surface area contributed by atoms with Gasteiger partial charge < -0.3 is 21.1 Å². The topological polar surface area (TPSA) is 120 Å². The number of halogens is 2. The van der Waals surface area contributed by atoms with Crippen LogP contribution >= 0.6 is 11.6 Å². The van der Waals surface area contributed by atoms with E-state index in [1.807, 2.05) is 6.92 Å². The molecule has 1 aromatic carbocycles. The second-order valence-corrected chi connectivity index (χ2v) is 7.68. The summed E-state index contributed by atoms with van der Waals surface area (Å²) >= 11 is 6.22. The second kappa shape index (κ2) is 9.82. The van der Waals surface area contributed by atoms with Crippen molar-refractivity contribution in [2.24, 2.45) is 0 Å². The minimum Gasteiger partial charge on any atom is -0.482 e. The van der Waals surface area contributed by atoms with Gasteiger partial charge in [0, 0.05) is 60.4 Å². The Morgan fingerprint density at radius 3 is 2.81 bits per heavy atom. The zero-order valence-electron chi connectivity index (χ0n) is 18.1. The summed E-state index contributed by atoms with van der Waals surface area (Å²) in [6.07, 6.45) is 2.85. The summed E-state index contributed by atoms with van der Waals surface area (Å²) in [7, 11) is 1.73. The summed E-state index contributed by atoms with van der Waals surface area (Å²) in [5.74, 6) is 0.0645. The van der Waals surface area contributed by atoms with Crippen LogP contribution in [0.1, 0.15) is 43.1 Å². The molecule has 7 nitrogen and oxygen atoms in total. The lowest BCUT2D eigenvalue weighted by molar-refractivity contribution is 0.227. The lowest BCUT2D eigenvalue weighted by atomic mass is 9.90. The fourth-order valence-electron chi connectivity index (χ4n) is 3.62. The lowest BCUT2D eigenvalue weighted by Gasteiger charge is -2.24. The molecule has 168 valence electrons. The van der Waals surface area contributed by atoms with E-state index < -0.39 is 11.9 Å². The van der Waals surface area contributed by atoms with Gasteiger partial charge in [0.15, 0.2) is 11.6 Å². The van der Waals surface area contributed by atoms with Crippen LogP contribution in [0, 0.1) is 16.6 Å². The molecule has 0 spiro atoms. The van der Waals surface area contributed by atoms with Gasteiger partial charge in [0.2, 0.25) is 0 Å². The lowest BCUT2D eigenvalue weighted by Crippen LogP contribution is -2.20. The zero-order valence-corrected chi connectivity index (χ0v) is 18.9. The molecule has 0 saturated heterocycles. The molecule has 1 aliphatic heterocycles. The summed E-state index contributed by atoms with van der Waals surface area (Å²) in [6, 6.07) is 5.95. The van der Waals surface area contributed by atoms with E-state index >= 15 is 0 Å². The summed E-state index contributed by atoms with van der Waals surface area (Å²) in [5, 5.41) is 23.2. The third-order valence-corrected chi connectivity index (χ3v) is 5.35. The summed E-state index contributed by atoms with van der Waals surface area (Å²) in [4.78, 5) is 4.26. The van der Waals surface area contributed by atoms with E-state index in [4.69, 9.17) is 32.9 Å². The average Bonchev–Trinajstić information content (AvgIpc) is 2.75. The van der Waals surface area contributed by atoms with Crippen molar-refractivity contribution in [3.63, 3.8) is 0 Å². The molecule has 0 radical (unpaired) electrons. The molecule has 0 saturated carbocycles. The largest absolute Gasteiger partial charge is 0.482 e. The van der Waals surface area contributed by atoms with Crippen LogP contribution < -0.4 is 21.1 Å². The number of ether oxygens (including phenoxy) is 1. The van der Waals surface area contributed by atoms with E-state index in [0.29, 0.717) is 45.8 Å². The Balaban J connectivity index is 2.35. The fraction of sp³-hybridized carbons (Fsp3) is 0.261. The van der Waals surface area contributed by atoms with Crippen LogP contribution in [0.3, 0.4) is 0 Å². The molecular formula is C23H26ClFN6O. The molecule has 2 bridgehead atoms. The molecule has 6 N–H and O–H groups in total.